The molecule has 5 nitrogen and oxygen atoms in total. The van der Waals surface area contributed by atoms with Gasteiger partial charge in [-0.2, -0.15) is 8.42 Å². The molecular formula is C13H20NNaO4S2. The molecule has 1 aromatic rings. The molecule has 0 saturated heterocycles. The summed E-state index contributed by atoms with van der Waals surface area (Å²) in [6.07, 6.45) is 6.09. The van der Waals surface area contributed by atoms with Gasteiger partial charge in [-0.1, -0.05) is 37.5 Å². The summed E-state index contributed by atoms with van der Waals surface area (Å²) in [7, 11) is -3.97. The quantitative estimate of drug-likeness (QED) is 0.332. The molecule has 1 aromatic carbocycles. The molecule has 0 unspecified atom stereocenters. The van der Waals surface area contributed by atoms with Crippen molar-refractivity contribution in [3.63, 3.8) is 0 Å². The van der Waals surface area contributed by atoms with Gasteiger partial charge in [0.15, 0.2) is 0 Å². The fourth-order valence-electron chi connectivity index (χ4n) is 2.11. The Kier molecular flexibility index (Phi) is 10.6. The summed E-state index contributed by atoms with van der Waals surface area (Å²) in [6.45, 7) is 0. The van der Waals surface area contributed by atoms with Crippen LogP contribution < -0.4 is 5.32 Å². The van der Waals surface area contributed by atoms with Crippen molar-refractivity contribution in [3.05, 3.63) is 35.9 Å². The normalized spacial score (nSPS) is 15.1. The van der Waals surface area contributed by atoms with Crippen LogP contribution in [0.3, 0.4) is 0 Å². The molecule has 1 fully saturated rings. The molecule has 1 amide bonds. The molecule has 8 heteroatoms. The van der Waals surface area contributed by atoms with E-state index in [1.165, 1.54) is 19.3 Å². The van der Waals surface area contributed by atoms with Crippen molar-refractivity contribution in [2.75, 3.05) is 0 Å². The summed E-state index contributed by atoms with van der Waals surface area (Å²) in [4.78, 5) is 11.8. The zero-order valence-corrected chi connectivity index (χ0v) is 12.7. The van der Waals surface area contributed by atoms with E-state index >= 15 is 0 Å². The summed E-state index contributed by atoms with van der Waals surface area (Å²) in [5.41, 5.74) is 0.767. The van der Waals surface area contributed by atoms with Gasteiger partial charge in [0, 0.05) is 11.6 Å². The minimum atomic E-state index is -3.97. The molecule has 0 radical (unpaired) electrons. The van der Waals surface area contributed by atoms with E-state index in [2.05, 4.69) is 17.0 Å². The SMILES string of the molecule is O=C(NC1CCCCC1)c1ccccc1.O=S(=O)(O)S.[NaH]. The molecule has 2 rings (SSSR count). The maximum absolute atomic E-state index is 11.8. The molecular weight excluding hydrogens is 321 g/mol. The number of rotatable bonds is 2. The molecule has 0 heterocycles. The second-order valence-electron chi connectivity index (χ2n) is 4.62. The first-order valence-corrected chi connectivity index (χ1v) is 8.91. The molecule has 0 aromatic heterocycles. The molecule has 0 atom stereocenters. The molecule has 114 valence electrons. The zero-order chi connectivity index (χ0) is 15.0. The Labute approximate surface area is 152 Å². The predicted octanol–water partition coefficient (Wildman–Crippen LogP) is 1.82. The number of hydrogen-bond acceptors (Lipinski definition) is 3. The van der Waals surface area contributed by atoms with Gasteiger partial charge in [-0.25, -0.2) is 0 Å². The van der Waals surface area contributed by atoms with Crippen LogP contribution in [-0.2, 0) is 9.15 Å². The third kappa shape index (κ3) is 11.2. The first kappa shape index (κ1) is 20.9. The average molecular weight is 341 g/mol. The third-order valence-electron chi connectivity index (χ3n) is 2.98. The van der Waals surface area contributed by atoms with Crippen molar-refractivity contribution in [2.24, 2.45) is 0 Å². The Morgan fingerprint density at radius 1 is 1.14 bits per heavy atom. The fraction of sp³-hybridized carbons (Fsp3) is 0.462. The van der Waals surface area contributed by atoms with E-state index in [0.717, 1.165) is 18.4 Å². The van der Waals surface area contributed by atoms with E-state index in [4.69, 9.17) is 13.0 Å². The number of amides is 1. The Bertz CT molecular complexity index is 508. The van der Waals surface area contributed by atoms with Crippen molar-refractivity contribution in [3.8, 4) is 0 Å². The van der Waals surface area contributed by atoms with E-state index < -0.39 is 9.15 Å². The topological polar surface area (TPSA) is 83.5 Å². The first-order chi connectivity index (χ1) is 9.36. The van der Waals surface area contributed by atoms with E-state index in [9.17, 15) is 4.79 Å². The molecule has 1 aliphatic rings. The zero-order valence-electron chi connectivity index (χ0n) is 11.0. The van der Waals surface area contributed by atoms with E-state index in [1.54, 1.807) is 0 Å². The average Bonchev–Trinajstić information content (AvgIpc) is 2.39. The van der Waals surface area contributed by atoms with Crippen LogP contribution in [0.1, 0.15) is 42.5 Å². The Hall–Kier alpha value is -0.0500. The van der Waals surface area contributed by atoms with Gasteiger partial charge in [0.1, 0.15) is 0 Å². The van der Waals surface area contributed by atoms with Crippen LogP contribution in [0, 0.1) is 0 Å². The molecule has 0 spiro atoms. The van der Waals surface area contributed by atoms with Crippen LogP contribution in [-0.4, -0.2) is 54.5 Å². The van der Waals surface area contributed by atoms with E-state index in [-0.39, 0.29) is 35.5 Å². The second-order valence-corrected chi connectivity index (χ2v) is 6.90. The predicted molar refractivity (Wildman–Crippen MR) is 88.5 cm³/mol. The van der Waals surface area contributed by atoms with Gasteiger partial charge < -0.3 is 5.32 Å². The number of carbonyl (C=O) groups excluding carboxylic acids is 1. The number of thiol groups is 1. The van der Waals surface area contributed by atoms with Gasteiger partial charge in [0.25, 0.3) is 5.91 Å². The van der Waals surface area contributed by atoms with Gasteiger partial charge in [-0.15, -0.1) is 0 Å². The third-order valence-corrected chi connectivity index (χ3v) is 2.98. The number of hydrogen-bond donors (Lipinski definition) is 3. The number of nitrogens with one attached hydrogen (secondary N) is 1. The summed E-state index contributed by atoms with van der Waals surface area (Å²) >= 11 is 2.65. The van der Waals surface area contributed by atoms with Crippen molar-refractivity contribution >= 4 is 56.3 Å². The monoisotopic (exact) mass is 341 g/mol. The molecule has 0 bridgehead atoms. The summed E-state index contributed by atoms with van der Waals surface area (Å²) in [5.74, 6) is 0.0718. The van der Waals surface area contributed by atoms with Crippen LogP contribution in [0.5, 0.6) is 0 Å². The maximum atomic E-state index is 11.8. The van der Waals surface area contributed by atoms with Gasteiger partial charge in [-0.05, 0) is 36.6 Å². The minimum absolute atomic E-state index is 0. The van der Waals surface area contributed by atoms with Gasteiger partial charge in [-0.3, -0.25) is 9.35 Å². The first-order valence-electron chi connectivity index (χ1n) is 6.42. The van der Waals surface area contributed by atoms with Crippen molar-refractivity contribution < 1.29 is 17.8 Å². The van der Waals surface area contributed by atoms with Crippen molar-refractivity contribution in [1.29, 1.82) is 0 Å². The number of carbonyl (C=O) groups is 1. The summed E-state index contributed by atoms with van der Waals surface area (Å²) in [6, 6.07) is 9.84. The number of benzene rings is 1. The van der Waals surface area contributed by atoms with Crippen LogP contribution in [0.15, 0.2) is 30.3 Å². The molecule has 1 saturated carbocycles. The fourth-order valence-corrected chi connectivity index (χ4v) is 2.11. The van der Waals surface area contributed by atoms with Gasteiger partial charge in [0.05, 0.1) is 0 Å². The standard InChI is InChI=1S/C13H17NO.Na.H2O3S2.H/c15-13(11-7-3-1-4-8-11)14-12-9-5-2-6-10-12;;1-5(2,3)4;/h1,3-4,7-8,12H,2,5-6,9-10H2,(H,14,15);;(H2,1,2,3,4);. The molecule has 1 aliphatic carbocycles. The van der Waals surface area contributed by atoms with Gasteiger partial charge >= 0.3 is 38.7 Å². The summed E-state index contributed by atoms with van der Waals surface area (Å²) in [5, 5.41) is 3.10. The van der Waals surface area contributed by atoms with Crippen molar-refractivity contribution in [1.82, 2.24) is 5.32 Å². The molecule has 0 aliphatic heterocycles. The van der Waals surface area contributed by atoms with Crippen LogP contribution in [0.25, 0.3) is 0 Å². The Morgan fingerprint density at radius 3 is 2.10 bits per heavy atom. The summed E-state index contributed by atoms with van der Waals surface area (Å²) < 4.78 is 25.5. The van der Waals surface area contributed by atoms with Crippen LogP contribution in [0.4, 0.5) is 0 Å². The van der Waals surface area contributed by atoms with Crippen molar-refractivity contribution in [2.45, 2.75) is 38.1 Å². The van der Waals surface area contributed by atoms with Gasteiger partial charge in [0.2, 0.25) is 0 Å². The van der Waals surface area contributed by atoms with Crippen LogP contribution >= 0.6 is 11.7 Å². The second kappa shape index (κ2) is 10.6. The Balaban J connectivity index is 0.000000583. The molecule has 2 N–H and O–H groups in total. The van der Waals surface area contributed by atoms with Crippen LogP contribution in [0.2, 0.25) is 0 Å². The Morgan fingerprint density at radius 2 is 1.62 bits per heavy atom. The molecule has 21 heavy (non-hydrogen) atoms. The van der Waals surface area contributed by atoms with E-state index in [0.29, 0.717) is 6.04 Å². The van der Waals surface area contributed by atoms with E-state index in [1.807, 2.05) is 30.3 Å².